The van der Waals surface area contributed by atoms with Crippen LogP contribution in [0.3, 0.4) is 0 Å². The highest BCUT2D eigenvalue weighted by Crippen LogP contribution is 2.21. The van der Waals surface area contributed by atoms with Crippen molar-refractivity contribution < 1.29 is 9.47 Å². The molecule has 1 rings (SSSR count). The van der Waals surface area contributed by atoms with Crippen molar-refractivity contribution in [2.75, 3.05) is 19.5 Å². The third kappa shape index (κ3) is 3.15. The van der Waals surface area contributed by atoms with Crippen LogP contribution in [0.2, 0.25) is 0 Å². The van der Waals surface area contributed by atoms with Crippen LogP contribution in [0.1, 0.15) is 12.5 Å². The Labute approximate surface area is 89.2 Å². The predicted octanol–water partition coefficient (Wildman–Crippen LogP) is 1.55. The molecule has 0 bridgehead atoms. The molecule has 0 aliphatic rings. The Balaban J connectivity index is 2.81. The second kappa shape index (κ2) is 5.23. The summed E-state index contributed by atoms with van der Waals surface area (Å²) in [4.78, 5) is 0. The fraction of sp³-hybridized carbons (Fsp3) is 0.364. The van der Waals surface area contributed by atoms with E-state index in [9.17, 15) is 0 Å². The number of nitrogens with zero attached hydrogens (tertiary/aromatic N) is 1. The zero-order valence-electron chi connectivity index (χ0n) is 8.86. The number of rotatable bonds is 4. The number of hydrogen-bond donors (Lipinski definition) is 1. The monoisotopic (exact) mass is 206 g/mol. The summed E-state index contributed by atoms with van der Waals surface area (Å²) < 4.78 is 10.5. The molecule has 2 N–H and O–H groups in total. The van der Waals surface area contributed by atoms with E-state index < -0.39 is 0 Å². The molecular formula is C11H14N2O2. The molecular weight excluding hydrogens is 192 g/mol. The van der Waals surface area contributed by atoms with E-state index >= 15 is 0 Å². The lowest BCUT2D eigenvalue weighted by molar-refractivity contribution is 0.0919. The Morgan fingerprint density at radius 1 is 1.53 bits per heavy atom. The van der Waals surface area contributed by atoms with Gasteiger partial charge >= 0.3 is 0 Å². The van der Waals surface area contributed by atoms with E-state index in [1.165, 1.54) is 0 Å². The van der Waals surface area contributed by atoms with Gasteiger partial charge < -0.3 is 15.2 Å². The number of benzene rings is 1. The molecule has 4 heteroatoms. The quantitative estimate of drug-likeness (QED) is 0.759. The average Bonchev–Trinajstić information content (AvgIpc) is 2.21. The molecule has 0 aliphatic heterocycles. The maximum absolute atomic E-state index is 8.87. The molecule has 1 atom stereocenters. The Morgan fingerprint density at radius 2 is 2.27 bits per heavy atom. The summed E-state index contributed by atoms with van der Waals surface area (Å²) in [7, 11) is 1.61. The summed E-state index contributed by atoms with van der Waals surface area (Å²) in [6, 6.07) is 7.03. The highest BCUT2D eigenvalue weighted by molar-refractivity contribution is 5.53. The topological polar surface area (TPSA) is 68.3 Å². The highest BCUT2D eigenvalue weighted by atomic mass is 16.5. The van der Waals surface area contributed by atoms with Crippen LogP contribution in [0.25, 0.3) is 0 Å². The molecule has 4 nitrogen and oxygen atoms in total. The molecule has 1 unspecified atom stereocenters. The zero-order chi connectivity index (χ0) is 11.3. The molecule has 1 aromatic carbocycles. The van der Waals surface area contributed by atoms with Gasteiger partial charge in [-0.05, 0) is 25.1 Å². The van der Waals surface area contributed by atoms with Gasteiger partial charge in [-0.25, -0.2) is 0 Å². The van der Waals surface area contributed by atoms with Crippen LogP contribution in [0.15, 0.2) is 18.2 Å². The van der Waals surface area contributed by atoms with Gasteiger partial charge in [0.25, 0.3) is 0 Å². The van der Waals surface area contributed by atoms with Crippen molar-refractivity contribution >= 4 is 5.69 Å². The summed E-state index contributed by atoms with van der Waals surface area (Å²) in [5.41, 5.74) is 6.56. The molecule has 15 heavy (non-hydrogen) atoms. The van der Waals surface area contributed by atoms with Crippen LogP contribution >= 0.6 is 0 Å². The first-order valence-corrected chi connectivity index (χ1v) is 4.62. The Morgan fingerprint density at radius 3 is 2.87 bits per heavy atom. The van der Waals surface area contributed by atoms with E-state index in [2.05, 4.69) is 0 Å². The van der Waals surface area contributed by atoms with Crippen LogP contribution in [-0.4, -0.2) is 19.8 Å². The van der Waals surface area contributed by atoms with E-state index in [1.54, 1.807) is 25.3 Å². The Bertz CT molecular complexity index is 371. The van der Waals surface area contributed by atoms with Gasteiger partial charge in [0.1, 0.15) is 17.9 Å². The maximum atomic E-state index is 8.87. The summed E-state index contributed by atoms with van der Waals surface area (Å²) in [5, 5.41) is 8.87. The third-order valence-corrected chi connectivity index (χ3v) is 1.85. The summed E-state index contributed by atoms with van der Waals surface area (Å²) in [6.07, 6.45) is -0.0919. The Hall–Kier alpha value is -1.73. The first kappa shape index (κ1) is 11.3. The smallest absolute Gasteiger partial charge is 0.137 e. The van der Waals surface area contributed by atoms with E-state index in [1.807, 2.05) is 13.0 Å². The van der Waals surface area contributed by atoms with Crippen molar-refractivity contribution in [3.05, 3.63) is 23.8 Å². The van der Waals surface area contributed by atoms with Crippen LogP contribution in [0.5, 0.6) is 5.75 Å². The second-order valence-electron chi connectivity index (χ2n) is 3.25. The van der Waals surface area contributed by atoms with Gasteiger partial charge in [0.15, 0.2) is 0 Å². The molecule has 0 spiro atoms. The van der Waals surface area contributed by atoms with Crippen LogP contribution in [0.4, 0.5) is 5.69 Å². The molecule has 80 valence electrons. The summed E-state index contributed by atoms with van der Waals surface area (Å²) in [5.74, 6) is 0.538. The number of hydrogen-bond acceptors (Lipinski definition) is 4. The predicted molar refractivity (Wildman–Crippen MR) is 57.5 cm³/mol. The second-order valence-corrected chi connectivity index (χ2v) is 3.25. The largest absolute Gasteiger partial charge is 0.487 e. The lowest BCUT2D eigenvalue weighted by atomic mass is 10.2. The first-order chi connectivity index (χ1) is 7.17. The minimum atomic E-state index is -0.0919. The summed E-state index contributed by atoms with van der Waals surface area (Å²) >= 11 is 0. The number of nitrogens with two attached hydrogens (primary N) is 1. The van der Waals surface area contributed by atoms with Crippen molar-refractivity contribution in [1.29, 1.82) is 5.26 Å². The van der Waals surface area contributed by atoms with Gasteiger partial charge in [-0.2, -0.15) is 5.26 Å². The van der Waals surface area contributed by atoms with Crippen molar-refractivity contribution in [2.24, 2.45) is 0 Å². The summed E-state index contributed by atoms with van der Waals surface area (Å²) in [6.45, 7) is 2.36. The lowest BCUT2D eigenvalue weighted by Crippen LogP contribution is -2.18. The molecule has 0 radical (unpaired) electrons. The molecule has 0 fully saturated rings. The number of methoxy groups -OCH3 is 1. The average molecular weight is 206 g/mol. The fourth-order valence-electron chi connectivity index (χ4n) is 1.22. The van der Waals surface area contributed by atoms with Gasteiger partial charge in [0, 0.05) is 12.8 Å². The van der Waals surface area contributed by atoms with Crippen LogP contribution < -0.4 is 10.5 Å². The van der Waals surface area contributed by atoms with Crippen LogP contribution in [-0.2, 0) is 4.74 Å². The maximum Gasteiger partial charge on any atom is 0.137 e. The van der Waals surface area contributed by atoms with E-state index in [0.717, 1.165) is 0 Å². The highest BCUT2D eigenvalue weighted by Gasteiger charge is 2.08. The van der Waals surface area contributed by atoms with E-state index in [0.29, 0.717) is 23.6 Å². The zero-order valence-corrected chi connectivity index (χ0v) is 8.86. The van der Waals surface area contributed by atoms with Gasteiger partial charge in [0.2, 0.25) is 0 Å². The molecule has 0 amide bonds. The number of nitrogen functional groups attached to an aromatic ring is 1. The fourth-order valence-corrected chi connectivity index (χ4v) is 1.22. The number of nitriles is 1. The first-order valence-electron chi connectivity index (χ1n) is 4.62. The van der Waals surface area contributed by atoms with Crippen molar-refractivity contribution in [3.8, 4) is 11.8 Å². The van der Waals surface area contributed by atoms with E-state index in [4.69, 9.17) is 20.5 Å². The minimum Gasteiger partial charge on any atom is -0.487 e. The van der Waals surface area contributed by atoms with Gasteiger partial charge in [0.05, 0.1) is 12.2 Å². The Kier molecular flexibility index (Phi) is 3.95. The SMILES string of the molecule is COCC(C)Oc1ccc(N)cc1C#N. The normalized spacial score (nSPS) is 11.8. The molecule has 0 heterocycles. The van der Waals surface area contributed by atoms with E-state index in [-0.39, 0.29) is 6.10 Å². The third-order valence-electron chi connectivity index (χ3n) is 1.85. The standard InChI is InChI=1S/C11H14N2O2/c1-8(7-14-2)15-11-4-3-10(13)5-9(11)6-12/h3-5,8H,7,13H2,1-2H3. The van der Waals surface area contributed by atoms with Crippen molar-refractivity contribution in [2.45, 2.75) is 13.0 Å². The van der Waals surface area contributed by atoms with Crippen LogP contribution in [0, 0.1) is 11.3 Å². The molecule has 0 saturated carbocycles. The molecule has 0 saturated heterocycles. The van der Waals surface area contributed by atoms with Gasteiger partial charge in [-0.15, -0.1) is 0 Å². The van der Waals surface area contributed by atoms with Crippen molar-refractivity contribution in [1.82, 2.24) is 0 Å². The number of anilines is 1. The lowest BCUT2D eigenvalue weighted by Gasteiger charge is -2.14. The van der Waals surface area contributed by atoms with Gasteiger partial charge in [-0.1, -0.05) is 0 Å². The molecule has 1 aromatic rings. The number of ether oxygens (including phenoxy) is 2. The minimum absolute atomic E-state index is 0.0919. The molecule has 0 aromatic heterocycles. The van der Waals surface area contributed by atoms with Crippen molar-refractivity contribution in [3.63, 3.8) is 0 Å². The van der Waals surface area contributed by atoms with Gasteiger partial charge in [-0.3, -0.25) is 0 Å². The molecule has 0 aliphatic carbocycles.